The maximum atomic E-state index is 12.4. The summed E-state index contributed by atoms with van der Waals surface area (Å²) < 4.78 is 5.49. The van der Waals surface area contributed by atoms with Crippen molar-refractivity contribution in [2.75, 3.05) is 25.0 Å². The lowest BCUT2D eigenvalue weighted by Crippen LogP contribution is -2.57. The first kappa shape index (κ1) is 18.3. The van der Waals surface area contributed by atoms with Gasteiger partial charge >= 0.3 is 6.09 Å². The van der Waals surface area contributed by atoms with E-state index in [0.717, 1.165) is 19.5 Å². The molecular formula is C17H28N4O3. The number of rotatable bonds is 2. The summed E-state index contributed by atoms with van der Waals surface area (Å²) in [5.74, 6) is 0.650. The van der Waals surface area contributed by atoms with Crippen molar-refractivity contribution in [3.05, 3.63) is 12.4 Å². The number of amides is 1. The Hall–Kier alpha value is -2.05. The third kappa shape index (κ3) is 4.27. The molecule has 1 aromatic heterocycles. The van der Waals surface area contributed by atoms with Gasteiger partial charge in [0.25, 0.3) is 0 Å². The summed E-state index contributed by atoms with van der Waals surface area (Å²) in [5.41, 5.74) is -0.652. The zero-order valence-corrected chi connectivity index (χ0v) is 15.4. The van der Waals surface area contributed by atoms with Crippen molar-refractivity contribution in [2.45, 2.75) is 52.7 Å². The molecule has 24 heavy (non-hydrogen) atoms. The molecule has 0 aromatic carbocycles. The van der Waals surface area contributed by atoms with Gasteiger partial charge in [0.1, 0.15) is 5.60 Å². The number of nitrogens with zero attached hydrogens (tertiary/aromatic N) is 4. The fourth-order valence-corrected chi connectivity index (χ4v) is 3.17. The molecule has 0 spiro atoms. The molecule has 1 amide bonds. The molecule has 1 aromatic rings. The highest BCUT2D eigenvalue weighted by molar-refractivity contribution is 5.68. The molecule has 0 bridgehead atoms. The zero-order valence-electron chi connectivity index (χ0n) is 15.4. The molecule has 7 heteroatoms. The molecule has 0 saturated carbocycles. The van der Waals surface area contributed by atoms with Crippen LogP contribution in [0.1, 0.15) is 41.0 Å². The van der Waals surface area contributed by atoms with E-state index in [4.69, 9.17) is 4.74 Å². The Morgan fingerprint density at radius 3 is 2.46 bits per heavy atom. The van der Waals surface area contributed by atoms with Crippen molar-refractivity contribution < 1.29 is 14.6 Å². The first-order chi connectivity index (χ1) is 11.0. The fourth-order valence-electron chi connectivity index (χ4n) is 3.17. The van der Waals surface area contributed by atoms with Crippen LogP contribution in [0.15, 0.2) is 12.4 Å². The number of anilines is 1. The average molecular weight is 336 g/mol. The summed E-state index contributed by atoms with van der Waals surface area (Å²) in [6.45, 7) is 11.3. The van der Waals surface area contributed by atoms with Crippen molar-refractivity contribution in [2.24, 2.45) is 5.41 Å². The molecule has 1 atom stereocenters. The highest BCUT2D eigenvalue weighted by Crippen LogP contribution is 2.34. The van der Waals surface area contributed by atoms with Crippen LogP contribution in [0.25, 0.3) is 0 Å². The van der Waals surface area contributed by atoms with Crippen LogP contribution < -0.4 is 4.90 Å². The van der Waals surface area contributed by atoms with Gasteiger partial charge in [-0.3, -0.25) is 0 Å². The molecular weight excluding hydrogens is 308 g/mol. The first-order valence-electron chi connectivity index (χ1n) is 8.21. The highest BCUT2D eigenvalue weighted by atomic mass is 16.6. The van der Waals surface area contributed by atoms with Crippen molar-refractivity contribution in [3.63, 3.8) is 0 Å². The molecule has 1 saturated heterocycles. The number of hydrogen-bond acceptors (Lipinski definition) is 6. The van der Waals surface area contributed by atoms with E-state index in [0.29, 0.717) is 5.95 Å². The molecule has 134 valence electrons. The van der Waals surface area contributed by atoms with Crippen molar-refractivity contribution in [3.8, 4) is 5.75 Å². The number of piperidine rings is 1. The standard InChI is InChI=1S/C17H28N4O3/c1-16(2,3)24-15(23)20(6)13-7-8-21(11-17(13,4)5)14-18-9-12(22)10-19-14/h9-10,13,22H,7-8,11H2,1-6H3. The normalized spacial score (nSPS) is 20.6. The van der Waals surface area contributed by atoms with Gasteiger partial charge in [0.05, 0.1) is 12.4 Å². The molecule has 1 aliphatic rings. The molecule has 7 nitrogen and oxygen atoms in total. The van der Waals surface area contributed by atoms with Gasteiger partial charge in [-0.1, -0.05) is 13.8 Å². The Morgan fingerprint density at radius 2 is 1.96 bits per heavy atom. The summed E-state index contributed by atoms with van der Waals surface area (Å²) in [7, 11) is 1.80. The molecule has 1 N–H and O–H groups in total. The van der Waals surface area contributed by atoms with Gasteiger partial charge in [0.2, 0.25) is 5.95 Å². The smallest absolute Gasteiger partial charge is 0.410 e. The third-order valence-electron chi connectivity index (χ3n) is 4.23. The van der Waals surface area contributed by atoms with E-state index in [1.807, 2.05) is 20.8 Å². The quantitative estimate of drug-likeness (QED) is 0.894. The highest BCUT2D eigenvalue weighted by Gasteiger charge is 2.41. The second kappa shape index (κ2) is 6.45. The predicted molar refractivity (Wildman–Crippen MR) is 92.1 cm³/mol. The number of aromatic hydroxyl groups is 1. The summed E-state index contributed by atoms with van der Waals surface area (Å²) in [4.78, 5) is 24.5. The maximum absolute atomic E-state index is 12.4. The topological polar surface area (TPSA) is 78.8 Å². The Kier molecular flexibility index (Phi) is 4.92. The first-order valence-corrected chi connectivity index (χ1v) is 8.21. The number of carbonyl (C=O) groups is 1. The van der Waals surface area contributed by atoms with E-state index >= 15 is 0 Å². The molecule has 0 radical (unpaired) electrons. The summed E-state index contributed by atoms with van der Waals surface area (Å²) in [5, 5.41) is 9.32. The van der Waals surface area contributed by atoms with Crippen LogP contribution in [0.3, 0.4) is 0 Å². The largest absolute Gasteiger partial charge is 0.505 e. The van der Waals surface area contributed by atoms with E-state index in [-0.39, 0.29) is 23.3 Å². The van der Waals surface area contributed by atoms with Gasteiger partial charge in [-0.25, -0.2) is 14.8 Å². The Labute approximate surface area is 143 Å². The SMILES string of the molecule is CN(C(=O)OC(C)(C)C)C1CCN(c2ncc(O)cn2)CC1(C)C. The second-order valence-electron chi connectivity index (χ2n) is 8.05. The number of ether oxygens (including phenoxy) is 1. The minimum absolute atomic E-state index is 0.0533. The second-order valence-corrected chi connectivity index (χ2v) is 8.05. The lowest BCUT2D eigenvalue weighted by molar-refractivity contribution is 0.00424. The number of aromatic nitrogens is 2. The van der Waals surface area contributed by atoms with Gasteiger partial charge < -0.3 is 19.6 Å². The molecule has 2 heterocycles. The fraction of sp³-hybridized carbons (Fsp3) is 0.706. The van der Waals surface area contributed by atoms with E-state index in [9.17, 15) is 9.90 Å². The van der Waals surface area contributed by atoms with Crippen LogP contribution in [-0.2, 0) is 4.74 Å². The summed E-state index contributed by atoms with van der Waals surface area (Å²) >= 11 is 0. The summed E-state index contributed by atoms with van der Waals surface area (Å²) in [6, 6.07) is 0.0701. The average Bonchev–Trinajstić information content (AvgIpc) is 2.44. The lowest BCUT2D eigenvalue weighted by Gasteiger charge is -2.47. The van der Waals surface area contributed by atoms with Gasteiger partial charge in [-0.05, 0) is 27.2 Å². The lowest BCUT2D eigenvalue weighted by atomic mass is 9.78. The maximum Gasteiger partial charge on any atom is 0.410 e. The van der Waals surface area contributed by atoms with Crippen molar-refractivity contribution in [1.82, 2.24) is 14.9 Å². The van der Waals surface area contributed by atoms with Gasteiger partial charge in [-0.15, -0.1) is 0 Å². The monoisotopic (exact) mass is 336 g/mol. The van der Waals surface area contributed by atoms with Crippen molar-refractivity contribution in [1.29, 1.82) is 0 Å². The van der Waals surface area contributed by atoms with Crippen LogP contribution in [0.5, 0.6) is 5.75 Å². The van der Waals surface area contributed by atoms with E-state index < -0.39 is 5.60 Å². The van der Waals surface area contributed by atoms with Crippen LogP contribution in [0, 0.1) is 5.41 Å². The Bertz CT molecular complexity index is 580. The van der Waals surface area contributed by atoms with Crippen LogP contribution >= 0.6 is 0 Å². The van der Waals surface area contributed by atoms with Gasteiger partial charge in [0.15, 0.2) is 5.75 Å². The third-order valence-corrected chi connectivity index (χ3v) is 4.23. The summed E-state index contributed by atoms with van der Waals surface area (Å²) in [6.07, 6.45) is 3.30. The predicted octanol–water partition coefficient (Wildman–Crippen LogP) is 2.65. The van der Waals surface area contributed by atoms with Gasteiger partial charge in [-0.2, -0.15) is 0 Å². The molecule has 1 fully saturated rings. The molecule has 0 aliphatic carbocycles. The van der Waals surface area contributed by atoms with Crippen LogP contribution in [0.2, 0.25) is 0 Å². The zero-order chi connectivity index (χ0) is 18.1. The van der Waals surface area contributed by atoms with Gasteiger partial charge in [0, 0.05) is 31.6 Å². The van der Waals surface area contributed by atoms with E-state index in [2.05, 4.69) is 28.7 Å². The number of carbonyl (C=O) groups excluding carboxylic acids is 1. The van der Waals surface area contributed by atoms with Crippen LogP contribution in [0.4, 0.5) is 10.7 Å². The number of hydrogen-bond donors (Lipinski definition) is 1. The van der Waals surface area contributed by atoms with E-state index in [1.165, 1.54) is 12.4 Å². The molecule has 1 unspecified atom stereocenters. The minimum atomic E-state index is -0.504. The molecule has 1 aliphatic heterocycles. The minimum Gasteiger partial charge on any atom is -0.505 e. The Balaban J connectivity index is 2.08. The van der Waals surface area contributed by atoms with E-state index in [1.54, 1.807) is 11.9 Å². The van der Waals surface area contributed by atoms with Crippen LogP contribution in [-0.4, -0.2) is 57.8 Å². The Morgan fingerprint density at radius 1 is 1.38 bits per heavy atom. The van der Waals surface area contributed by atoms with Crippen molar-refractivity contribution >= 4 is 12.0 Å². The molecule has 2 rings (SSSR count).